The van der Waals surface area contributed by atoms with Gasteiger partial charge in [-0.15, -0.1) is 5.10 Å². The number of carbonyl (C=O) groups excluding carboxylic acids is 1. The van der Waals surface area contributed by atoms with Crippen LogP contribution in [0.15, 0.2) is 61.1 Å². The van der Waals surface area contributed by atoms with E-state index in [-0.39, 0.29) is 5.91 Å². The standard InChI is InChI=1S/C15H14N6O/c22-15(17-10-13-8-4-5-9-16-13)14(21-11-18-19-20-21)12-6-2-1-3-7-12/h1-9,11,14H,10H2,(H,17,22)/t14-/m1/s1. The van der Waals surface area contributed by atoms with Crippen molar-refractivity contribution in [3.05, 3.63) is 72.3 Å². The van der Waals surface area contributed by atoms with Crippen molar-refractivity contribution in [2.45, 2.75) is 12.6 Å². The first-order chi connectivity index (χ1) is 10.8. The van der Waals surface area contributed by atoms with Gasteiger partial charge >= 0.3 is 0 Å². The van der Waals surface area contributed by atoms with Gasteiger partial charge in [-0.2, -0.15) is 0 Å². The zero-order chi connectivity index (χ0) is 15.2. The van der Waals surface area contributed by atoms with Crippen molar-refractivity contribution >= 4 is 5.91 Å². The third-order valence-corrected chi connectivity index (χ3v) is 3.16. The lowest BCUT2D eigenvalue weighted by atomic mass is 10.1. The molecule has 110 valence electrons. The number of benzene rings is 1. The van der Waals surface area contributed by atoms with Gasteiger partial charge in [-0.05, 0) is 28.1 Å². The Hall–Kier alpha value is -3.09. The van der Waals surface area contributed by atoms with Gasteiger partial charge in [-0.3, -0.25) is 9.78 Å². The van der Waals surface area contributed by atoms with Crippen LogP contribution in [0.5, 0.6) is 0 Å². The molecule has 2 heterocycles. The van der Waals surface area contributed by atoms with Crippen molar-refractivity contribution in [1.82, 2.24) is 30.5 Å². The van der Waals surface area contributed by atoms with Gasteiger partial charge in [0.1, 0.15) is 6.33 Å². The molecule has 7 nitrogen and oxygen atoms in total. The molecule has 1 N–H and O–H groups in total. The van der Waals surface area contributed by atoms with Gasteiger partial charge in [0.05, 0.1) is 12.2 Å². The maximum absolute atomic E-state index is 12.6. The number of pyridine rings is 1. The van der Waals surface area contributed by atoms with E-state index in [9.17, 15) is 4.79 Å². The van der Waals surface area contributed by atoms with Crippen molar-refractivity contribution in [2.24, 2.45) is 0 Å². The van der Waals surface area contributed by atoms with Crippen LogP contribution in [-0.2, 0) is 11.3 Å². The molecule has 1 aromatic carbocycles. The van der Waals surface area contributed by atoms with Gasteiger partial charge in [-0.25, -0.2) is 4.68 Å². The molecule has 3 rings (SSSR count). The van der Waals surface area contributed by atoms with E-state index in [1.54, 1.807) is 6.20 Å². The second kappa shape index (κ2) is 6.57. The lowest BCUT2D eigenvalue weighted by Crippen LogP contribution is -2.33. The first-order valence-electron chi connectivity index (χ1n) is 6.79. The monoisotopic (exact) mass is 294 g/mol. The Morgan fingerprint density at radius 1 is 1.14 bits per heavy atom. The third-order valence-electron chi connectivity index (χ3n) is 3.16. The van der Waals surface area contributed by atoms with E-state index in [0.717, 1.165) is 11.3 Å². The van der Waals surface area contributed by atoms with E-state index in [0.29, 0.717) is 6.54 Å². The molecule has 0 aliphatic heterocycles. The van der Waals surface area contributed by atoms with E-state index in [1.165, 1.54) is 11.0 Å². The summed E-state index contributed by atoms with van der Waals surface area (Å²) in [7, 11) is 0. The van der Waals surface area contributed by atoms with Gasteiger partial charge in [0.15, 0.2) is 6.04 Å². The lowest BCUT2D eigenvalue weighted by Gasteiger charge is -2.16. The van der Waals surface area contributed by atoms with E-state index >= 15 is 0 Å². The predicted octanol–water partition coefficient (Wildman–Crippen LogP) is 0.974. The van der Waals surface area contributed by atoms with Crippen LogP contribution in [-0.4, -0.2) is 31.1 Å². The Bertz CT molecular complexity index is 714. The van der Waals surface area contributed by atoms with Crippen molar-refractivity contribution in [3.63, 3.8) is 0 Å². The lowest BCUT2D eigenvalue weighted by molar-refractivity contribution is -0.123. The topological polar surface area (TPSA) is 85.6 Å². The first-order valence-corrected chi connectivity index (χ1v) is 6.79. The minimum atomic E-state index is -0.611. The Kier molecular flexibility index (Phi) is 4.15. The average Bonchev–Trinajstić information content (AvgIpc) is 3.09. The number of hydrogen-bond donors (Lipinski definition) is 1. The summed E-state index contributed by atoms with van der Waals surface area (Å²) in [5.41, 5.74) is 1.60. The van der Waals surface area contributed by atoms with Crippen LogP contribution in [0.25, 0.3) is 0 Å². The molecule has 2 aromatic heterocycles. The maximum atomic E-state index is 12.6. The molecule has 0 aliphatic rings. The Morgan fingerprint density at radius 3 is 2.64 bits per heavy atom. The summed E-state index contributed by atoms with van der Waals surface area (Å²) >= 11 is 0. The molecule has 0 fully saturated rings. The summed E-state index contributed by atoms with van der Waals surface area (Å²) in [4.78, 5) is 16.7. The van der Waals surface area contributed by atoms with Gasteiger partial charge in [0.25, 0.3) is 0 Å². The summed E-state index contributed by atoms with van der Waals surface area (Å²) in [6.45, 7) is 0.352. The molecular weight excluding hydrogens is 280 g/mol. The Morgan fingerprint density at radius 2 is 1.95 bits per heavy atom. The Balaban J connectivity index is 1.79. The highest BCUT2D eigenvalue weighted by atomic mass is 16.2. The molecule has 0 saturated heterocycles. The highest BCUT2D eigenvalue weighted by Gasteiger charge is 2.23. The van der Waals surface area contributed by atoms with E-state index in [2.05, 4.69) is 25.8 Å². The van der Waals surface area contributed by atoms with Crippen molar-refractivity contribution < 1.29 is 4.79 Å². The second-order valence-electron chi connectivity index (χ2n) is 4.64. The van der Waals surface area contributed by atoms with E-state index < -0.39 is 6.04 Å². The summed E-state index contributed by atoms with van der Waals surface area (Å²) < 4.78 is 1.43. The van der Waals surface area contributed by atoms with Crippen LogP contribution >= 0.6 is 0 Å². The van der Waals surface area contributed by atoms with Gasteiger partial charge in [0.2, 0.25) is 5.91 Å². The summed E-state index contributed by atoms with van der Waals surface area (Å²) in [5, 5.41) is 13.9. The molecule has 3 aromatic rings. The molecule has 7 heteroatoms. The molecule has 0 radical (unpaired) electrons. The summed E-state index contributed by atoms with van der Waals surface area (Å²) in [6, 6.07) is 14.3. The number of aromatic nitrogens is 5. The number of nitrogens with one attached hydrogen (secondary N) is 1. The number of carbonyl (C=O) groups is 1. The van der Waals surface area contributed by atoms with Gasteiger partial charge in [-0.1, -0.05) is 36.4 Å². The van der Waals surface area contributed by atoms with Crippen LogP contribution in [0.3, 0.4) is 0 Å². The molecule has 0 unspecified atom stereocenters. The second-order valence-corrected chi connectivity index (χ2v) is 4.64. The van der Waals surface area contributed by atoms with Crippen LogP contribution in [0.1, 0.15) is 17.3 Å². The van der Waals surface area contributed by atoms with Gasteiger partial charge < -0.3 is 5.32 Å². The zero-order valence-corrected chi connectivity index (χ0v) is 11.7. The molecule has 0 aliphatic carbocycles. The molecule has 0 bridgehead atoms. The largest absolute Gasteiger partial charge is 0.348 e. The average molecular weight is 294 g/mol. The quantitative estimate of drug-likeness (QED) is 0.758. The highest BCUT2D eigenvalue weighted by Crippen LogP contribution is 2.16. The fourth-order valence-corrected chi connectivity index (χ4v) is 2.12. The van der Waals surface area contributed by atoms with Crippen molar-refractivity contribution in [3.8, 4) is 0 Å². The van der Waals surface area contributed by atoms with Crippen molar-refractivity contribution in [1.29, 1.82) is 0 Å². The number of tetrazole rings is 1. The molecule has 1 amide bonds. The van der Waals surface area contributed by atoms with Crippen LogP contribution < -0.4 is 5.32 Å². The summed E-state index contributed by atoms with van der Waals surface area (Å²) in [6.07, 6.45) is 3.12. The minimum absolute atomic E-state index is 0.191. The van der Waals surface area contributed by atoms with E-state index in [4.69, 9.17) is 0 Å². The molecule has 1 atom stereocenters. The highest BCUT2D eigenvalue weighted by molar-refractivity contribution is 5.83. The van der Waals surface area contributed by atoms with Crippen molar-refractivity contribution in [2.75, 3.05) is 0 Å². The van der Waals surface area contributed by atoms with E-state index in [1.807, 2.05) is 48.5 Å². The fraction of sp³-hybridized carbons (Fsp3) is 0.133. The molecule has 0 saturated carbocycles. The molecular formula is C15H14N6O. The predicted molar refractivity (Wildman–Crippen MR) is 78.5 cm³/mol. The molecule has 22 heavy (non-hydrogen) atoms. The summed E-state index contributed by atoms with van der Waals surface area (Å²) in [5.74, 6) is -0.191. The van der Waals surface area contributed by atoms with Gasteiger partial charge in [0, 0.05) is 6.20 Å². The molecule has 0 spiro atoms. The fourth-order valence-electron chi connectivity index (χ4n) is 2.12. The maximum Gasteiger partial charge on any atom is 0.249 e. The first kappa shape index (κ1) is 13.9. The number of rotatable bonds is 5. The zero-order valence-electron chi connectivity index (χ0n) is 11.7. The number of hydrogen-bond acceptors (Lipinski definition) is 5. The SMILES string of the molecule is O=C(NCc1ccccn1)[C@@H](c1ccccc1)n1cnnn1. The van der Waals surface area contributed by atoms with Crippen LogP contribution in [0.4, 0.5) is 0 Å². The minimum Gasteiger partial charge on any atom is -0.348 e. The van der Waals surface area contributed by atoms with Crippen LogP contribution in [0.2, 0.25) is 0 Å². The number of nitrogens with zero attached hydrogens (tertiary/aromatic N) is 5. The smallest absolute Gasteiger partial charge is 0.249 e. The van der Waals surface area contributed by atoms with Crippen LogP contribution in [0, 0.1) is 0 Å². The number of amides is 1. The Labute approximate surface area is 127 Å². The normalized spacial score (nSPS) is 11.8. The third kappa shape index (κ3) is 3.14.